The Morgan fingerprint density at radius 2 is 0.932 bits per heavy atom. The monoisotopic (exact) mass is 577 g/mol. The smallest absolute Gasteiger partial charge is 0.0468 e. The van der Waals surface area contributed by atoms with Crippen LogP contribution in [0.1, 0.15) is 0 Å². The molecule has 44 heavy (non-hydrogen) atoms. The summed E-state index contributed by atoms with van der Waals surface area (Å²) in [6.45, 7) is 0. The highest BCUT2D eigenvalue weighted by Crippen LogP contribution is 2.46. The predicted octanol–water partition coefficient (Wildman–Crippen LogP) is 12.7. The van der Waals surface area contributed by atoms with E-state index in [0.29, 0.717) is 0 Å². The minimum atomic E-state index is 1.13. The normalized spacial score (nSPS) is 11.6. The van der Waals surface area contributed by atoms with Crippen molar-refractivity contribution in [3.8, 4) is 11.1 Å². The molecule has 9 rings (SSSR count). The van der Waals surface area contributed by atoms with Gasteiger partial charge in [-0.2, -0.15) is 0 Å². The summed E-state index contributed by atoms with van der Waals surface area (Å²) in [6.07, 6.45) is 0. The maximum atomic E-state index is 2.35. The zero-order valence-corrected chi connectivity index (χ0v) is 24.8. The molecule has 2 heteroatoms. The number of anilines is 3. The third kappa shape index (κ3) is 3.92. The van der Waals surface area contributed by atoms with Crippen LogP contribution in [-0.2, 0) is 0 Å². The van der Waals surface area contributed by atoms with E-state index in [9.17, 15) is 0 Å². The first-order chi connectivity index (χ1) is 21.8. The topological polar surface area (TPSA) is 3.24 Å². The fraction of sp³-hybridized carbons (Fsp3) is 0. The summed E-state index contributed by atoms with van der Waals surface area (Å²) in [4.78, 5) is 2.35. The molecule has 0 spiro atoms. The number of nitrogens with zero attached hydrogens (tertiary/aromatic N) is 1. The van der Waals surface area contributed by atoms with Crippen molar-refractivity contribution in [2.75, 3.05) is 4.90 Å². The highest BCUT2D eigenvalue weighted by Gasteiger charge is 2.18. The van der Waals surface area contributed by atoms with Crippen molar-refractivity contribution in [3.63, 3.8) is 0 Å². The van der Waals surface area contributed by atoms with E-state index in [1.165, 1.54) is 63.6 Å². The van der Waals surface area contributed by atoms with E-state index in [1.807, 2.05) is 11.3 Å². The molecule has 0 atom stereocenters. The SMILES string of the molecule is c1ccc(-c2ccc(N(c3ccccc3)c3ccc4c(ccc5c6sc7ccccc7c6c6ccccc6c45)c3)cc2)cc1. The molecule has 0 N–H and O–H groups in total. The van der Waals surface area contributed by atoms with Crippen LogP contribution in [0, 0.1) is 0 Å². The Bertz CT molecular complexity index is 2480. The molecule has 0 fully saturated rings. The summed E-state index contributed by atoms with van der Waals surface area (Å²) in [5, 5.41) is 10.5. The third-order valence-corrected chi connectivity index (χ3v) is 10.0. The standard InChI is InChI=1S/C42H27NS/c1-3-11-28(12-4-1)29-19-22-32(23-20-29)43(31-13-5-2-6-14-31)33-24-26-34-30(27-33)21-25-38-40(34)35-15-7-8-16-36(35)41-37-17-9-10-18-39(37)44-42(38)41/h1-27H. The number of hydrogen-bond donors (Lipinski definition) is 0. The molecule has 9 aromatic rings. The van der Waals surface area contributed by atoms with Gasteiger partial charge in [0.15, 0.2) is 0 Å². The molecule has 0 aliphatic rings. The number of para-hydroxylation sites is 1. The van der Waals surface area contributed by atoms with Crippen molar-refractivity contribution in [1.82, 2.24) is 0 Å². The maximum absolute atomic E-state index is 2.35. The Morgan fingerprint density at radius 3 is 1.70 bits per heavy atom. The van der Waals surface area contributed by atoms with Crippen LogP contribution in [0.25, 0.3) is 63.6 Å². The van der Waals surface area contributed by atoms with Crippen LogP contribution in [0.2, 0.25) is 0 Å². The Balaban J connectivity index is 1.26. The van der Waals surface area contributed by atoms with E-state index in [4.69, 9.17) is 0 Å². The Morgan fingerprint density at radius 1 is 0.364 bits per heavy atom. The van der Waals surface area contributed by atoms with Crippen LogP contribution in [0.4, 0.5) is 17.1 Å². The lowest BCUT2D eigenvalue weighted by molar-refractivity contribution is 1.29. The molecule has 0 aliphatic heterocycles. The van der Waals surface area contributed by atoms with Crippen LogP contribution in [0.5, 0.6) is 0 Å². The molecule has 0 bridgehead atoms. The van der Waals surface area contributed by atoms with Crippen LogP contribution < -0.4 is 4.90 Å². The lowest BCUT2D eigenvalue weighted by Crippen LogP contribution is -2.09. The second-order valence-electron chi connectivity index (χ2n) is 11.3. The van der Waals surface area contributed by atoms with Crippen molar-refractivity contribution in [2.45, 2.75) is 0 Å². The van der Waals surface area contributed by atoms with Crippen molar-refractivity contribution >= 4 is 80.9 Å². The van der Waals surface area contributed by atoms with Gasteiger partial charge in [0.25, 0.3) is 0 Å². The van der Waals surface area contributed by atoms with Gasteiger partial charge in [0.1, 0.15) is 0 Å². The van der Waals surface area contributed by atoms with Crippen molar-refractivity contribution in [1.29, 1.82) is 0 Å². The Hall–Kier alpha value is -5.44. The molecule has 0 amide bonds. The largest absolute Gasteiger partial charge is 0.310 e. The highest BCUT2D eigenvalue weighted by molar-refractivity contribution is 7.27. The maximum Gasteiger partial charge on any atom is 0.0468 e. The van der Waals surface area contributed by atoms with Crippen LogP contribution in [0.15, 0.2) is 164 Å². The van der Waals surface area contributed by atoms with Gasteiger partial charge < -0.3 is 4.90 Å². The molecule has 0 saturated heterocycles. The molecule has 8 aromatic carbocycles. The van der Waals surface area contributed by atoms with Gasteiger partial charge in [0, 0.05) is 42.6 Å². The second kappa shape index (κ2) is 10.1. The first kappa shape index (κ1) is 25.1. The van der Waals surface area contributed by atoms with Gasteiger partial charge in [-0.15, -0.1) is 11.3 Å². The van der Waals surface area contributed by atoms with Crippen molar-refractivity contribution in [3.05, 3.63) is 164 Å². The number of rotatable bonds is 4. The molecule has 0 aliphatic carbocycles. The molecule has 1 aromatic heterocycles. The first-order valence-electron chi connectivity index (χ1n) is 15.0. The minimum absolute atomic E-state index is 1.13. The molecule has 1 nitrogen and oxygen atoms in total. The van der Waals surface area contributed by atoms with Crippen molar-refractivity contribution in [2.24, 2.45) is 0 Å². The second-order valence-corrected chi connectivity index (χ2v) is 12.4. The van der Waals surface area contributed by atoms with Crippen LogP contribution in [0.3, 0.4) is 0 Å². The Kier molecular flexibility index (Phi) is 5.75. The fourth-order valence-corrected chi connectivity index (χ4v) is 8.06. The summed E-state index contributed by atoms with van der Waals surface area (Å²) < 4.78 is 2.71. The average molecular weight is 578 g/mol. The number of hydrogen-bond acceptors (Lipinski definition) is 2. The van der Waals surface area contributed by atoms with E-state index in [0.717, 1.165) is 17.1 Å². The Labute approximate surface area is 259 Å². The van der Waals surface area contributed by atoms with E-state index < -0.39 is 0 Å². The van der Waals surface area contributed by atoms with Gasteiger partial charge in [-0.05, 0) is 80.5 Å². The quantitative estimate of drug-likeness (QED) is 0.188. The number of thiophene rings is 1. The summed E-state index contributed by atoms with van der Waals surface area (Å²) in [6, 6.07) is 59.5. The summed E-state index contributed by atoms with van der Waals surface area (Å²) in [5.41, 5.74) is 5.85. The van der Waals surface area contributed by atoms with Gasteiger partial charge in [-0.1, -0.05) is 121 Å². The third-order valence-electron chi connectivity index (χ3n) is 8.81. The highest BCUT2D eigenvalue weighted by atomic mass is 32.1. The lowest BCUT2D eigenvalue weighted by Gasteiger charge is -2.26. The first-order valence-corrected chi connectivity index (χ1v) is 15.8. The molecular formula is C42H27NS. The summed E-state index contributed by atoms with van der Waals surface area (Å²) in [7, 11) is 0. The van der Waals surface area contributed by atoms with Gasteiger partial charge in [0.05, 0.1) is 0 Å². The predicted molar refractivity (Wildman–Crippen MR) is 192 cm³/mol. The van der Waals surface area contributed by atoms with E-state index in [-0.39, 0.29) is 0 Å². The number of fused-ring (bicyclic) bond motifs is 10. The molecule has 0 radical (unpaired) electrons. The molecule has 0 saturated carbocycles. The molecular weight excluding hydrogens is 551 g/mol. The van der Waals surface area contributed by atoms with E-state index in [2.05, 4.69) is 169 Å². The zero-order chi connectivity index (χ0) is 29.0. The van der Waals surface area contributed by atoms with Crippen LogP contribution in [-0.4, -0.2) is 0 Å². The van der Waals surface area contributed by atoms with Gasteiger partial charge >= 0.3 is 0 Å². The van der Waals surface area contributed by atoms with E-state index >= 15 is 0 Å². The zero-order valence-electron chi connectivity index (χ0n) is 23.9. The minimum Gasteiger partial charge on any atom is -0.310 e. The molecule has 206 valence electrons. The van der Waals surface area contributed by atoms with Gasteiger partial charge in [-0.3, -0.25) is 0 Å². The fourth-order valence-electron chi connectivity index (χ4n) is 6.82. The van der Waals surface area contributed by atoms with Gasteiger partial charge in [-0.25, -0.2) is 0 Å². The van der Waals surface area contributed by atoms with E-state index in [1.54, 1.807) is 0 Å². The molecule has 0 unspecified atom stereocenters. The average Bonchev–Trinajstić information content (AvgIpc) is 3.49. The van der Waals surface area contributed by atoms with Gasteiger partial charge in [0.2, 0.25) is 0 Å². The summed E-state index contributed by atoms with van der Waals surface area (Å²) in [5.74, 6) is 0. The lowest BCUT2D eigenvalue weighted by atomic mass is 9.93. The van der Waals surface area contributed by atoms with Crippen LogP contribution >= 0.6 is 11.3 Å². The summed E-state index contributed by atoms with van der Waals surface area (Å²) >= 11 is 1.91. The van der Waals surface area contributed by atoms with Crippen molar-refractivity contribution < 1.29 is 0 Å². The number of benzene rings is 8. The molecule has 1 heterocycles.